The first kappa shape index (κ1) is 10.2. The number of hydrogen-bond acceptors (Lipinski definition) is 3. The lowest BCUT2D eigenvalue weighted by Crippen LogP contribution is -2.49. The Hall–Kier alpha value is -1.36. The number of nitrogens with one attached hydrogen (secondary N) is 2. The Balaban J connectivity index is 1.93. The Morgan fingerprint density at radius 3 is 2.80 bits per heavy atom. The number of rotatable bonds is 3. The molecule has 0 atom stereocenters. The Bertz CT molecular complexity index is 349. The van der Waals surface area contributed by atoms with Crippen LogP contribution in [0.4, 0.5) is 0 Å². The maximum Gasteiger partial charge on any atom is 0.224 e. The maximum absolute atomic E-state index is 11.6. The molecule has 1 aromatic heterocycles. The van der Waals surface area contributed by atoms with Gasteiger partial charge in [0.05, 0.1) is 31.4 Å². The maximum atomic E-state index is 11.6. The summed E-state index contributed by atoms with van der Waals surface area (Å²) in [5, 5.41) is 9.83. The van der Waals surface area contributed by atoms with Crippen LogP contribution in [-0.4, -0.2) is 35.4 Å². The Labute approximate surface area is 88.2 Å². The highest BCUT2D eigenvalue weighted by Crippen LogP contribution is 2.10. The second-order valence-corrected chi connectivity index (χ2v) is 3.89. The quantitative estimate of drug-likeness (QED) is 0.741. The van der Waals surface area contributed by atoms with Crippen molar-refractivity contribution in [3.63, 3.8) is 0 Å². The minimum absolute atomic E-state index is 0.0379. The first-order chi connectivity index (χ1) is 7.16. The van der Waals surface area contributed by atoms with E-state index in [2.05, 4.69) is 15.5 Å². The van der Waals surface area contributed by atoms with Crippen LogP contribution in [0.1, 0.15) is 17.0 Å². The van der Waals surface area contributed by atoms with E-state index in [0.29, 0.717) is 19.6 Å². The topological polar surface area (TPSA) is 67.0 Å². The molecule has 1 aromatic rings. The molecule has 0 spiro atoms. The smallest absolute Gasteiger partial charge is 0.224 e. The van der Waals surface area contributed by atoms with Crippen LogP contribution in [0.15, 0.2) is 0 Å². The molecule has 0 bridgehead atoms. The van der Waals surface area contributed by atoms with Gasteiger partial charge in [0, 0.05) is 11.3 Å². The fourth-order valence-corrected chi connectivity index (χ4v) is 1.59. The van der Waals surface area contributed by atoms with Crippen LogP contribution >= 0.6 is 0 Å². The lowest BCUT2D eigenvalue weighted by Gasteiger charge is -2.26. The molecule has 0 aromatic carbocycles. The largest absolute Gasteiger partial charge is 0.377 e. The first-order valence-electron chi connectivity index (χ1n) is 5.04. The van der Waals surface area contributed by atoms with E-state index in [9.17, 15) is 4.79 Å². The molecule has 5 nitrogen and oxygen atoms in total. The average molecular weight is 209 g/mol. The van der Waals surface area contributed by atoms with E-state index in [0.717, 1.165) is 17.0 Å². The summed E-state index contributed by atoms with van der Waals surface area (Å²) in [7, 11) is 0. The van der Waals surface area contributed by atoms with Gasteiger partial charge in [0.1, 0.15) is 0 Å². The van der Waals surface area contributed by atoms with Crippen LogP contribution < -0.4 is 5.32 Å². The summed E-state index contributed by atoms with van der Waals surface area (Å²) < 4.78 is 4.99. The van der Waals surface area contributed by atoms with E-state index >= 15 is 0 Å². The fourth-order valence-electron chi connectivity index (χ4n) is 1.59. The van der Waals surface area contributed by atoms with Gasteiger partial charge in [-0.05, 0) is 13.8 Å². The van der Waals surface area contributed by atoms with Gasteiger partial charge in [-0.1, -0.05) is 0 Å². The second kappa shape index (κ2) is 4.02. The highest BCUT2D eigenvalue weighted by Gasteiger charge is 2.21. The number of nitrogens with zero attached hydrogens (tertiary/aromatic N) is 1. The van der Waals surface area contributed by atoms with E-state index in [1.54, 1.807) is 0 Å². The number of H-pyrrole nitrogens is 1. The Morgan fingerprint density at radius 2 is 2.33 bits per heavy atom. The van der Waals surface area contributed by atoms with Crippen molar-refractivity contribution in [2.45, 2.75) is 26.3 Å². The van der Waals surface area contributed by atoms with Gasteiger partial charge in [0.25, 0.3) is 0 Å². The molecule has 1 amide bonds. The van der Waals surface area contributed by atoms with E-state index in [4.69, 9.17) is 4.74 Å². The molecule has 1 aliphatic heterocycles. The van der Waals surface area contributed by atoms with Crippen molar-refractivity contribution >= 4 is 5.91 Å². The summed E-state index contributed by atoms with van der Waals surface area (Å²) in [4.78, 5) is 11.6. The zero-order valence-electron chi connectivity index (χ0n) is 8.96. The minimum atomic E-state index is 0.0379. The summed E-state index contributed by atoms with van der Waals surface area (Å²) in [6, 6.07) is 0.199. The van der Waals surface area contributed by atoms with Crippen molar-refractivity contribution in [3.8, 4) is 0 Å². The molecule has 5 heteroatoms. The normalized spacial score (nSPS) is 16.1. The lowest BCUT2D eigenvalue weighted by atomic mass is 10.1. The molecule has 15 heavy (non-hydrogen) atoms. The highest BCUT2D eigenvalue weighted by atomic mass is 16.5. The molecular formula is C10H15N3O2. The molecule has 2 rings (SSSR count). The first-order valence-corrected chi connectivity index (χ1v) is 5.04. The van der Waals surface area contributed by atoms with Gasteiger partial charge in [-0.2, -0.15) is 5.10 Å². The summed E-state index contributed by atoms with van der Waals surface area (Å²) >= 11 is 0. The number of carbonyl (C=O) groups is 1. The molecule has 1 fully saturated rings. The summed E-state index contributed by atoms with van der Waals surface area (Å²) in [5.74, 6) is 0.0379. The second-order valence-electron chi connectivity index (χ2n) is 3.89. The predicted octanol–water partition coefficient (Wildman–Crippen LogP) is 0.0840. The van der Waals surface area contributed by atoms with Gasteiger partial charge in [-0.25, -0.2) is 0 Å². The van der Waals surface area contributed by atoms with Crippen LogP contribution in [0, 0.1) is 13.8 Å². The summed E-state index contributed by atoms with van der Waals surface area (Å²) in [6.07, 6.45) is 0.394. The average Bonchev–Trinajstić information content (AvgIpc) is 2.43. The van der Waals surface area contributed by atoms with Gasteiger partial charge < -0.3 is 10.1 Å². The fraction of sp³-hybridized carbons (Fsp3) is 0.600. The molecule has 0 saturated carbocycles. The van der Waals surface area contributed by atoms with Crippen molar-refractivity contribution in [1.29, 1.82) is 0 Å². The zero-order chi connectivity index (χ0) is 10.8. The standard InChI is InChI=1S/C10H15N3O2/c1-6-9(7(2)13-12-6)3-10(14)11-8-4-15-5-8/h8H,3-5H2,1-2H3,(H,11,14)(H,12,13). The molecule has 82 valence electrons. The van der Waals surface area contributed by atoms with E-state index in [1.165, 1.54) is 0 Å². The third-order valence-corrected chi connectivity index (χ3v) is 2.62. The van der Waals surface area contributed by atoms with E-state index in [-0.39, 0.29) is 11.9 Å². The molecule has 0 unspecified atom stereocenters. The lowest BCUT2D eigenvalue weighted by molar-refractivity contribution is -0.124. The minimum Gasteiger partial charge on any atom is -0.377 e. The third-order valence-electron chi connectivity index (χ3n) is 2.62. The molecule has 1 saturated heterocycles. The number of hydrogen-bond donors (Lipinski definition) is 2. The van der Waals surface area contributed by atoms with Crippen molar-refractivity contribution in [3.05, 3.63) is 17.0 Å². The van der Waals surface area contributed by atoms with Crippen molar-refractivity contribution in [2.75, 3.05) is 13.2 Å². The van der Waals surface area contributed by atoms with Gasteiger partial charge in [-0.15, -0.1) is 0 Å². The Morgan fingerprint density at radius 1 is 1.60 bits per heavy atom. The monoisotopic (exact) mass is 209 g/mol. The van der Waals surface area contributed by atoms with Crippen molar-refractivity contribution < 1.29 is 9.53 Å². The highest BCUT2D eigenvalue weighted by molar-refractivity contribution is 5.79. The number of ether oxygens (including phenoxy) is 1. The molecule has 2 N–H and O–H groups in total. The molecule has 0 radical (unpaired) electrons. The molecular weight excluding hydrogens is 194 g/mol. The number of aryl methyl sites for hydroxylation is 2. The summed E-state index contributed by atoms with van der Waals surface area (Å²) in [6.45, 7) is 5.10. The SMILES string of the molecule is Cc1n[nH]c(C)c1CC(=O)NC1COC1. The number of carbonyl (C=O) groups excluding carboxylic acids is 1. The van der Waals surface area contributed by atoms with Crippen LogP contribution in [0.3, 0.4) is 0 Å². The van der Waals surface area contributed by atoms with Gasteiger partial charge in [0.2, 0.25) is 5.91 Å². The predicted molar refractivity (Wildman–Crippen MR) is 54.5 cm³/mol. The number of aromatic nitrogens is 2. The van der Waals surface area contributed by atoms with Crippen LogP contribution in [0.2, 0.25) is 0 Å². The third kappa shape index (κ3) is 2.18. The number of amides is 1. The van der Waals surface area contributed by atoms with Gasteiger partial charge in [-0.3, -0.25) is 9.89 Å². The molecule has 0 aliphatic carbocycles. The number of aromatic amines is 1. The molecule has 2 heterocycles. The van der Waals surface area contributed by atoms with Gasteiger partial charge >= 0.3 is 0 Å². The van der Waals surface area contributed by atoms with Gasteiger partial charge in [0.15, 0.2) is 0 Å². The molecule has 1 aliphatic rings. The van der Waals surface area contributed by atoms with E-state index < -0.39 is 0 Å². The Kier molecular flexibility index (Phi) is 2.73. The van der Waals surface area contributed by atoms with Crippen LogP contribution in [0.25, 0.3) is 0 Å². The van der Waals surface area contributed by atoms with Crippen molar-refractivity contribution in [2.24, 2.45) is 0 Å². The van der Waals surface area contributed by atoms with E-state index in [1.807, 2.05) is 13.8 Å². The van der Waals surface area contributed by atoms with Crippen molar-refractivity contribution in [1.82, 2.24) is 15.5 Å². The van der Waals surface area contributed by atoms with Crippen LogP contribution in [-0.2, 0) is 16.0 Å². The zero-order valence-corrected chi connectivity index (χ0v) is 8.96. The van der Waals surface area contributed by atoms with Crippen LogP contribution in [0.5, 0.6) is 0 Å². The summed E-state index contributed by atoms with van der Waals surface area (Å²) in [5.41, 5.74) is 2.85.